The minimum Gasteiger partial charge on any atom is -0.316 e. The van der Waals surface area contributed by atoms with Crippen LogP contribution in [-0.2, 0) is 11.3 Å². The number of nitrogens with one attached hydrogen (secondary N) is 1. The lowest BCUT2D eigenvalue weighted by Gasteiger charge is -2.10. The third-order valence-corrected chi connectivity index (χ3v) is 3.05. The van der Waals surface area contributed by atoms with Gasteiger partial charge in [0.1, 0.15) is 5.52 Å². The first kappa shape index (κ1) is 13.1. The van der Waals surface area contributed by atoms with Crippen LogP contribution in [-0.4, -0.2) is 9.97 Å². The van der Waals surface area contributed by atoms with Crippen molar-refractivity contribution in [3.63, 3.8) is 0 Å². The summed E-state index contributed by atoms with van der Waals surface area (Å²) in [5.41, 5.74) is -1.85. The molecule has 2 rings (SSSR count). The van der Waals surface area contributed by atoms with Crippen LogP contribution in [0, 0.1) is 5.82 Å². The van der Waals surface area contributed by atoms with Crippen molar-refractivity contribution in [2.75, 3.05) is 0 Å². The van der Waals surface area contributed by atoms with Crippen LogP contribution >= 0.6 is 15.9 Å². The van der Waals surface area contributed by atoms with E-state index in [1.807, 2.05) is 0 Å². The van der Waals surface area contributed by atoms with Crippen LogP contribution in [0.25, 0.3) is 11.0 Å². The van der Waals surface area contributed by atoms with Crippen LogP contribution in [0.1, 0.15) is 18.2 Å². The third-order valence-electron chi connectivity index (χ3n) is 2.45. The lowest BCUT2D eigenvalue weighted by atomic mass is 10.2. The van der Waals surface area contributed by atoms with E-state index in [0.717, 1.165) is 0 Å². The molecule has 2 aromatic rings. The number of halogens is 4. The molecule has 0 bridgehead atoms. The second-order valence-electron chi connectivity index (χ2n) is 3.87. The van der Waals surface area contributed by atoms with Crippen molar-refractivity contribution < 1.29 is 13.2 Å². The Morgan fingerprint density at radius 3 is 2.67 bits per heavy atom. The fraction of sp³-hybridized carbons (Fsp3) is 0.273. The van der Waals surface area contributed by atoms with Crippen molar-refractivity contribution >= 4 is 27.0 Å². The van der Waals surface area contributed by atoms with Gasteiger partial charge in [-0.25, -0.2) is 9.37 Å². The predicted molar refractivity (Wildman–Crippen MR) is 64.5 cm³/mol. The van der Waals surface area contributed by atoms with Crippen LogP contribution in [0.4, 0.5) is 13.2 Å². The van der Waals surface area contributed by atoms with Gasteiger partial charge in [0.15, 0.2) is 11.5 Å². The maximum absolute atomic E-state index is 13.9. The van der Waals surface area contributed by atoms with Crippen molar-refractivity contribution in [2.24, 2.45) is 0 Å². The van der Waals surface area contributed by atoms with Gasteiger partial charge in [0, 0.05) is 17.8 Å². The minimum atomic E-state index is -3.37. The summed E-state index contributed by atoms with van der Waals surface area (Å²) in [5, 5.41) is 0.252. The maximum atomic E-state index is 13.9. The van der Waals surface area contributed by atoms with Crippen molar-refractivity contribution in [3.8, 4) is 0 Å². The normalized spacial score (nSPS) is 12.1. The molecule has 0 unspecified atom stereocenters. The molecule has 1 aromatic carbocycles. The van der Waals surface area contributed by atoms with E-state index in [0.29, 0.717) is 12.5 Å². The second-order valence-corrected chi connectivity index (χ2v) is 4.43. The summed E-state index contributed by atoms with van der Waals surface area (Å²) >= 11 is 3.09. The average molecular weight is 321 g/mol. The molecule has 3 nitrogen and oxygen atoms in total. The van der Waals surface area contributed by atoms with Gasteiger partial charge in [-0.2, -0.15) is 8.78 Å². The van der Waals surface area contributed by atoms with E-state index in [1.54, 1.807) is 0 Å². The average Bonchev–Trinajstić information content (AvgIpc) is 2.28. The number of hydrogen-bond donors (Lipinski definition) is 1. The lowest BCUT2D eigenvalue weighted by Crippen LogP contribution is -2.25. The Morgan fingerprint density at radius 2 is 2.11 bits per heavy atom. The van der Waals surface area contributed by atoms with Gasteiger partial charge in [-0.3, -0.25) is 4.79 Å². The smallest absolute Gasteiger partial charge is 0.292 e. The van der Waals surface area contributed by atoms with Crippen molar-refractivity contribution in [2.45, 2.75) is 18.2 Å². The lowest BCUT2D eigenvalue weighted by molar-refractivity contribution is 0.0115. The number of hydrogen-bond acceptors (Lipinski definition) is 2. The molecule has 1 heterocycles. The molecule has 0 radical (unpaired) electrons. The van der Waals surface area contributed by atoms with E-state index in [1.165, 1.54) is 12.1 Å². The van der Waals surface area contributed by atoms with Gasteiger partial charge in [-0.05, 0) is 6.07 Å². The van der Waals surface area contributed by atoms with Gasteiger partial charge in [0.25, 0.3) is 11.5 Å². The molecule has 0 saturated heterocycles. The molecular formula is C11H8BrF3N2O. The first-order chi connectivity index (χ1) is 8.34. The van der Waals surface area contributed by atoms with Crippen molar-refractivity contribution in [3.05, 3.63) is 39.6 Å². The molecular weight excluding hydrogens is 313 g/mol. The summed E-state index contributed by atoms with van der Waals surface area (Å²) in [6, 6.07) is 2.81. The highest BCUT2D eigenvalue weighted by molar-refractivity contribution is 9.08. The zero-order valence-corrected chi connectivity index (χ0v) is 10.8. The molecule has 0 aliphatic heterocycles. The topological polar surface area (TPSA) is 45.8 Å². The highest BCUT2D eigenvalue weighted by Gasteiger charge is 2.30. The van der Waals surface area contributed by atoms with Gasteiger partial charge >= 0.3 is 0 Å². The van der Waals surface area contributed by atoms with Crippen molar-refractivity contribution in [1.82, 2.24) is 9.97 Å². The molecule has 0 atom stereocenters. The van der Waals surface area contributed by atoms with E-state index in [9.17, 15) is 18.0 Å². The molecule has 18 heavy (non-hydrogen) atoms. The number of rotatable bonds is 2. The molecule has 0 saturated carbocycles. The molecule has 0 spiro atoms. The van der Waals surface area contributed by atoms with E-state index >= 15 is 0 Å². The highest BCUT2D eigenvalue weighted by Crippen LogP contribution is 2.25. The fourth-order valence-corrected chi connectivity index (χ4v) is 2.00. The van der Waals surface area contributed by atoms with E-state index in [-0.39, 0.29) is 16.4 Å². The summed E-state index contributed by atoms with van der Waals surface area (Å²) in [4.78, 5) is 17.1. The SMILES string of the molecule is CC(F)(F)c1nc2ccc(CBr)c(F)c2[nH]c1=O. The Bertz CT molecular complexity index is 664. The monoisotopic (exact) mass is 320 g/mol. The van der Waals surface area contributed by atoms with Crippen LogP contribution in [0.5, 0.6) is 0 Å². The van der Waals surface area contributed by atoms with Gasteiger partial charge in [-0.15, -0.1) is 0 Å². The fourth-order valence-electron chi connectivity index (χ4n) is 1.57. The molecule has 1 aromatic heterocycles. The number of aromatic nitrogens is 2. The summed E-state index contributed by atoms with van der Waals surface area (Å²) in [6.07, 6.45) is 0. The maximum Gasteiger partial charge on any atom is 0.292 e. The Morgan fingerprint density at radius 1 is 1.44 bits per heavy atom. The summed E-state index contributed by atoms with van der Waals surface area (Å²) in [5.74, 6) is -4.04. The number of nitrogens with zero attached hydrogens (tertiary/aromatic N) is 1. The minimum absolute atomic E-state index is 0.00618. The summed E-state index contributed by atoms with van der Waals surface area (Å²) in [7, 11) is 0. The first-order valence-electron chi connectivity index (χ1n) is 5.00. The number of aromatic amines is 1. The number of fused-ring (bicyclic) bond motifs is 1. The first-order valence-corrected chi connectivity index (χ1v) is 6.12. The Hall–Kier alpha value is -1.37. The van der Waals surface area contributed by atoms with Gasteiger partial charge in [-0.1, -0.05) is 22.0 Å². The molecule has 0 aliphatic rings. The predicted octanol–water partition coefficient (Wildman–Crippen LogP) is 3.07. The van der Waals surface area contributed by atoms with Crippen LogP contribution < -0.4 is 5.56 Å². The van der Waals surface area contributed by atoms with Crippen LogP contribution in [0.3, 0.4) is 0 Å². The Kier molecular flexibility index (Phi) is 3.18. The van der Waals surface area contributed by atoms with E-state index in [2.05, 4.69) is 25.9 Å². The Labute approximate surface area is 108 Å². The molecule has 7 heteroatoms. The second kappa shape index (κ2) is 4.38. The Balaban J connectivity index is 2.80. The summed E-state index contributed by atoms with van der Waals surface area (Å²) in [6.45, 7) is 0.569. The molecule has 1 N–H and O–H groups in total. The van der Waals surface area contributed by atoms with Gasteiger partial charge in [0.05, 0.1) is 5.52 Å². The van der Waals surface area contributed by atoms with E-state index in [4.69, 9.17) is 0 Å². The van der Waals surface area contributed by atoms with Gasteiger partial charge in [0.2, 0.25) is 0 Å². The van der Waals surface area contributed by atoms with E-state index < -0.39 is 23.0 Å². The molecule has 0 fully saturated rings. The molecule has 0 aliphatic carbocycles. The zero-order chi connectivity index (χ0) is 13.5. The number of H-pyrrole nitrogens is 1. The molecule has 0 amide bonds. The van der Waals surface area contributed by atoms with Crippen molar-refractivity contribution in [1.29, 1.82) is 0 Å². The number of benzene rings is 1. The zero-order valence-electron chi connectivity index (χ0n) is 9.23. The number of alkyl halides is 3. The van der Waals surface area contributed by atoms with Gasteiger partial charge < -0.3 is 4.98 Å². The summed E-state index contributed by atoms with van der Waals surface area (Å²) < 4.78 is 40.1. The molecule has 96 valence electrons. The highest BCUT2D eigenvalue weighted by atomic mass is 79.9. The standard InChI is InChI=1S/C11H8BrF3N2O/c1-11(14,15)9-10(18)17-8-6(16-9)3-2-5(4-12)7(8)13/h2-3H,4H2,1H3,(H,17,18). The third kappa shape index (κ3) is 2.14. The largest absolute Gasteiger partial charge is 0.316 e. The quantitative estimate of drug-likeness (QED) is 0.864. The van der Waals surface area contributed by atoms with Crippen LogP contribution in [0.15, 0.2) is 16.9 Å². The van der Waals surface area contributed by atoms with Crippen LogP contribution in [0.2, 0.25) is 0 Å².